The molecular weight excluding hydrogens is 289 g/mol. The molecule has 0 bridgehead atoms. The average Bonchev–Trinajstić information content (AvgIpc) is 2.46. The lowest BCUT2D eigenvalue weighted by Gasteiger charge is -2.08. The van der Waals surface area contributed by atoms with Crippen molar-refractivity contribution >= 4 is 29.3 Å². The van der Waals surface area contributed by atoms with Gasteiger partial charge in [-0.3, -0.25) is 0 Å². The molecule has 0 aliphatic heterocycles. The van der Waals surface area contributed by atoms with Crippen molar-refractivity contribution in [3.8, 4) is 6.07 Å². The average molecular weight is 302 g/mol. The number of halogens is 2. The van der Waals surface area contributed by atoms with Crippen LogP contribution in [0.4, 0.5) is 0 Å². The minimum atomic E-state index is -0.248. The number of rotatable bonds is 4. The van der Waals surface area contributed by atoms with Gasteiger partial charge < -0.3 is 0 Å². The largest absolute Gasteiger partial charge is 0.198 e. The Morgan fingerprint density at radius 1 is 1.00 bits per heavy atom. The molecule has 1 atom stereocenters. The van der Waals surface area contributed by atoms with Gasteiger partial charge in [0.05, 0.1) is 12.0 Å². The molecule has 2 aromatic carbocycles. The fourth-order valence-electron chi connectivity index (χ4n) is 1.95. The first-order valence-electron chi connectivity index (χ1n) is 6.27. The van der Waals surface area contributed by atoms with Crippen molar-refractivity contribution in [1.29, 1.82) is 5.26 Å². The van der Waals surface area contributed by atoms with Crippen molar-refractivity contribution < 1.29 is 0 Å². The van der Waals surface area contributed by atoms with Gasteiger partial charge in [-0.05, 0) is 29.7 Å². The molecule has 0 aliphatic rings. The second kappa shape index (κ2) is 7.14. The zero-order chi connectivity index (χ0) is 14.4. The van der Waals surface area contributed by atoms with Gasteiger partial charge in [-0.2, -0.15) is 5.26 Å². The predicted octanol–water partition coefficient (Wildman–Crippen LogP) is 5.70. The van der Waals surface area contributed by atoms with E-state index in [1.165, 1.54) is 0 Å². The van der Waals surface area contributed by atoms with E-state index in [0.717, 1.165) is 11.1 Å². The number of nitrogens with zero attached hydrogens (tertiary/aromatic N) is 1. The van der Waals surface area contributed by atoms with E-state index in [-0.39, 0.29) is 5.92 Å². The van der Waals surface area contributed by atoms with Crippen molar-refractivity contribution in [3.05, 3.63) is 75.8 Å². The lowest BCUT2D eigenvalue weighted by molar-refractivity contribution is 0.880. The van der Waals surface area contributed by atoms with Crippen molar-refractivity contribution in [2.75, 3.05) is 0 Å². The van der Waals surface area contributed by atoms with Crippen LogP contribution in [0, 0.1) is 11.3 Å². The summed E-state index contributed by atoms with van der Waals surface area (Å²) in [4.78, 5) is 0. The maximum atomic E-state index is 9.29. The molecule has 20 heavy (non-hydrogen) atoms. The highest BCUT2D eigenvalue weighted by Gasteiger charge is 2.11. The van der Waals surface area contributed by atoms with Gasteiger partial charge in [-0.25, -0.2) is 0 Å². The summed E-state index contributed by atoms with van der Waals surface area (Å²) < 4.78 is 0. The van der Waals surface area contributed by atoms with Gasteiger partial charge in [-0.15, -0.1) is 0 Å². The molecule has 1 unspecified atom stereocenters. The van der Waals surface area contributed by atoms with E-state index in [0.29, 0.717) is 16.5 Å². The highest BCUT2D eigenvalue weighted by Crippen LogP contribution is 2.27. The zero-order valence-electron chi connectivity index (χ0n) is 10.8. The Hall–Kier alpha value is -1.75. The molecule has 0 aliphatic carbocycles. The van der Waals surface area contributed by atoms with Gasteiger partial charge in [0.1, 0.15) is 0 Å². The van der Waals surface area contributed by atoms with Gasteiger partial charge in [0.15, 0.2) is 0 Å². The van der Waals surface area contributed by atoms with Crippen LogP contribution < -0.4 is 0 Å². The van der Waals surface area contributed by atoms with Crippen LogP contribution in [-0.2, 0) is 0 Å². The summed E-state index contributed by atoms with van der Waals surface area (Å²) in [5.74, 6) is -0.248. The van der Waals surface area contributed by atoms with E-state index in [1.807, 2.05) is 54.6 Å². The Bertz CT molecular complexity index is 656. The summed E-state index contributed by atoms with van der Waals surface area (Å²) in [5.41, 5.74) is 1.81. The second-order valence-electron chi connectivity index (χ2n) is 4.36. The van der Waals surface area contributed by atoms with Gasteiger partial charge in [0.25, 0.3) is 0 Å². The molecule has 3 heteroatoms. The minimum absolute atomic E-state index is 0.248. The summed E-state index contributed by atoms with van der Waals surface area (Å²) in [7, 11) is 0. The van der Waals surface area contributed by atoms with Gasteiger partial charge >= 0.3 is 0 Å². The molecule has 0 aromatic heterocycles. The first-order chi connectivity index (χ1) is 9.72. The summed E-state index contributed by atoms with van der Waals surface area (Å²) >= 11 is 12.2. The molecule has 0 fully saturated rings. The summed E-state index contributed by atoms with van der Waals surface area (Å²) in [6.45, 7) is 0. The van der Waals surface area contributed by atoms with E-state index in [2.05, 4.69) is 6.07 Å². The van der Waals surface area contributed by atoms with Crippen molar-refractivity contribution in [3.63, 3.8) is 0 Å². The summed E-state index contributed by atoms with van der Waals surface area (Å²) in [6, 6.07) is 17.3. The third kappa shape index (κ3) is 3.63. The van der Waals surface area contributed by atoms with Crippen LogP contribution in [0.3, 0.4) is 0 Å². The fourth-order valence-corrected chi connectivity index (χ4v) is 2.41. The third-order valence-corrected chi connectivity index (χ3v) is 3.70. The van der Waals surface area contributed by atoms with E-state index < -0.39 is 0 Å². The number of hydrogen-bond acceptors (Lipinski definition) is 1. The Labute approximate surface area is 129 Å². The maximum absolute atomic E-state index is 9.29. The number of benzene rings is 2. The molecule has 100 valence electrons. The molecule has 0 saturated carbocycles. The maximum Gasteiger partial charge on any atom is 0.0761 e. The molecule has 0 radical (unpaired) electrons. The summed E-state index contributed by atoms with van der Waals surface area (Å²) in [6.07, 6.45) is 4.49. The molecule has 0 heterocycles. The first-order valence-corrected chi connectivity index (χ1v) is 7.03. The fraction of sp³-hybridized carbons (Fsp3) is 0.118. The van der Waals surface area contributed by atoms with Crippen LogP contribution >= 0.6 is 23.2 Å². The molecule has 0 N–H and O–H groups in total. The van der Waals surface area contributed by atoms with Crippen molar-refractivity contribution in [1.82, 2.24) is 0 Å². The Morgan fingerprint density at radius 2 is 1.65 bits per heavy atom. The number of allylic oxidation sites excluding steroid dienone is 1. The van der Waals surface area contributed by atoms with Crippen LogP contribution in [-0.4, -0.2) is 0 Å². The SMILES string of the molecule is N#CC(C/C=C/c1ccccc1Cl)c1ccccc1Cl. The predicted molar refractivity (Wildman–Crippen MR) is 84.9 cm³/mol. The topological polar surface area (TPSA) is 23.8 Å². The highest BCUT2D eigenvalue weighted by atomic mass is 35.5. The van der Waals surface area contributed by atoms with Crippen LogP contribution in [0.1, 0.15) is 23.5 Å². The van der Waals surface area contributed by atoms with Crippen LogP contribution in [0.15, 0.2) is 54.6 Å². The molecule has 0 amide bonds. The van der Waals surface area contributed by atoms with Crippen LogP contribution in [0.25, 0.3) is 6.08 Å². The van der Waals surface area contributed by atoms with E-state index in [4.69, 9.17) is 23.2 Å². The highest BCUT2D eigenvalue weighted by molar-refractivity contribution is 6.32. The molecule has 0 saturated heterocycles. The molecular formula is C17H13Cl2N. The smallest absolute Gasteiger partial charge is 0.0761 e. The van der Waals surface area contributed by atoms with Crippen LogP contribution in [0.5, 0.6) is 0 Å². The van der Waals surface area contributed by atoms with Gasteiger partial charge in [-0.1, -0.05) is 71.8 Å². The minimum Gasteiger partial charge on any atom is -0.198 e. The van der Waals surface area contributed by atoms with Gasteiger partial charge in [0.2, 0.25) is 0 Å². The van der Waals surface area contributed by atoms with Crippen molar-refractivity contribution in [2.45, 2.75) is 12.3 Å². The van der Waals surface area contributed by atoms with Gasteiger partial charge in [0, 0.05) is 10.0 Å². The molecule has 2 rings (SSSR count). The molecule has 0 spiro atoms. The monoisotopic (exact) mass is 301 g/mol. The Balaban J connectivity index is 2.11. The lowest BCUT2D eigenvalue weighted by Crippen LogP contribution is -1.94. The standard InChI is InChI=1S/C17H13Cl2N/c18-16-10-3-1-6-13(16)7-5-8-14(12-20)15-9-2-4-11-17(15)19/h1-7,9-11,14H,8H2/b7-5+. The Morgan fingerprint density at radius 3 is 2.30 bits per heavy atom. The lowest BCUT2D eigenvalue weighted by atomic mass is 9.96. The van der Waals surface area contributed by atoms with E-state index >= 15 is 0 Å². The first kappa shape index (κ1) is 14.7. The number of nitriles is 1. The zero-order valence-corrected chi connectivity index (χ0v) is 12.3. The Kier molecular flexibility index (Phi) is 5.24. The number of hydrogen-bond donors (Lipinski definition) is 0. The quantitative estimate of drug-likeness (QED) is 0.710. The molecule has 1 nitrogen and oxygen atoms in total. The normalized spacial score (nSPS) is 12.2. The molecule has 2 aromatic rings. The van der Waals surface area contributed by atoms with Crippen LogP contribution in [0.2, 0.25) is 10.0 Å². The third-order valence-electron chi connectivity index (χ3n) is 3.01. The van der Waals surface area contributed by atoms with E-state index in [1.54, 1.807) is 6.07 Å². The van der Waals surface area contributed by atoms with E-state index in [9.17, 15) is 5.26 Å². The van der Waals surface area contributed by atoms with Crippen molar-refractivity contribution in [2.24, 2.45) is 0 Å². The second-order valence-corrected chi connectivity index (χ2v) is 5.18. The summed E-state index contributed by atoms with van der Waals surface area (Å²) in [5, 5.41) is 10.6.